The Morgan fingerprint density at radius 1 is 1.44 bits per heavy atom. The zero-order valence-electron chi connectivity index (χ0n) is 13.9. The molecule has 2 amide bonds. The smallest absolute Gasteiger partial charge is 0.407 e. The monoisotopic (exact) mass is 390 g/mol. The Balaban J connectivity index is 2.45. The van der Waals surface area contributed by atoms with Crippen molar-refractivity contribution >= 4 is 35.2 Å². The van der Waals surface area contributed by atoms with Crippen LogP contribution in [0.5, 0.6) is 0 Å². The molecule has 9 heteroatoms. The number of carbonyl (C=O) groups excluding carboxylic acids is 1. The summed E-state index contributed by atoms with van der Waals surface area (Å²) in [6.45, 7) is 1.86. The van der Waals surface area contributed by atoms with Crippen LogP contribution in [0.25, 0.3) is 0 Å². The second-order valence-corrected chi connectivity index (χ2v) is 6.62. The van der Waals surface area contributed by atoms with Crippen molar-refractivity contribution in [2.24, 2.45) is 0 Å². The number of hydrogen-bond acceptors (Lipinski definition) is 4. The molecule has 0 saturated carbocycles. The van der Waals surface area contributed by atoms with Crippen molar-refractivity contribution in [2.45, 2.75) is 18.6 Å². The number of amides is 2. The molecule has 25 heavy (non-hydrogen) atoms. The summed E-state index contributed by atoms with van der Waals surface area (Å²) in [5.74, 6) is -0.254. The first kappa shape index (κ1) is 19.8. The number of halogens is 2. The molecule has 1 fully saturated rings. The van der Waals surface area contributed by atoms with Crippen molar-refractivity contribution in [1.29, 1.82) is 0 Å². The van der Waals surface area contributed by atoms with Crippen LogP contribution in [-0.4, -0.2) is 61.0 Å². The molecule has 2 N–H and O–H groups in total. The fourth-order valence-electron chi connectivity index (χ4n) is 2.82. The van der Waals surface area contributed by atoms with Gasteiger partial charge in [-0.1, -0.05) is 29.3 Å². The summed E-state index contributed by atoms with van der Waals surface area (Å²) in [4.78, 5) is 24.1. The zero-order chi connectivity index (χ0) is 18.6. The number of nitrogens with zero attached hydrogens (tertiary/aromatic N) is 1. The minimum Gasteiger partial charge on any atom is -0.465 e. The van der Waals surface area contributed by atoms with Crippen molar-refractivity contribution in [3.05, 3.63) is 33.8 Å². The SMILES string of the molecule is COC1(CNC(C)=O)CN(C(=O)O)CCOC1c1ccc(Cl)c(Cl)c1. The van der Waals surface area contributed by atoms with Crippen molar-refractivity contribution in [2.75, 3.05) is 33.4 Å². The minimum atomic E-state index is -1.11. The molecule has 2 rings (SSSR count). The highest BCUT2D eigenvalue weighted by Crippen LogP contribution is 2.37. The summed E-state index contributed by atoms with van der Waals surface area (Å²) >= 11 is 12.1. The average molecular weight is 391 g/mol. The Hall–Kier alpha value is -1.54. The summed E-state index contributed by atoms with van der Waals surface area (Å²) in [6.07, 6.45) is -1.72. The van der Waals surface area contributed by atoms with E-state index in [1.165, 1.54) is 18.9 Å². The van der Waals surface area contributed by atoms with Gasteiger partial charge in [0.15, 0.2) is 0 Å². The predicted octanol–water partition coefficient (Wildman–Crippen LogP) is 2.57. The van der Waals surface area contributed by atoms with E-state index in [0.717, 1.165) is 0 Å². The summed E-state index contributed by atoms with van der Waals surface area (Å²) in [7, 11) is 1.46. The van der Waals surface area contributed by atoms with Crippen LogP contribution in [0, 0.1) is 0 Å². The summed E-state index contributed by atoms with van der Waals surface area (Å²) in [6, 6.07) is 5.05. The molecule has 2 atom stereocenters. The van der Waals surface area contributed by atoms with E-state index in [-0.39, 0.29) is 32.1 Å². The van der Waals surface area contributed by atoms with E-state index in [0.29, 0.717) is 15.6 Å². The van der Waals surface area contributed by atoms with Gasteiger partial charge in [-0.15, -0.1) is 0 Å². The number of benzene rings is 1. The average Bonchev–Trinajstić information content (AvgIpc) is 2.76. The van der Waals surface area contributed by atoms with Gasteiger partial charge in [0.05, 0.1) is 29.7 Å². The quantitative estimate of drug-likeness (QED) is 0.824. The Labute approximate surface area is 155 Å². The number of rotatable bonds is 4. The Kier molecular flexibility index (Phi) is 6.51. The van der Waals surface area contributed by atoms with Crippen LogP contribution in [-0.2, 0) is 14.3 Å². The molecule has 0 bridgehead atoms. The molecule has 0 aromatic heterocycles. The topological polar surface area (TPSA) is 88.1 Å². The van der Waals surface area contributed by atoms with Crippen molar-refractivity contribution in [1.82, 2.24) is 10.2 Å². The lowest BCUT2D eigenvalue weighted by Gasteiger charge is -2.39. The lowest BCUT2D eigenvalue weighted by molar-refractivity contribution is -0.131. The lowest BCUT2D eigenvalue weighted by Crippen LogP contribution is -2.55. The summed E-state index contributed by atoms with van der Waals surface area (Å²) in [5, 5.41) is 12.8. The van der Waals surface area contributed by atoms with Crippen LogP contribution in [0.3, 0.4) is 0 Å². The molecule has 1 aromatic rings. The molecular formula is C16H20Cl2N2O5. The molecule has 1 aliphatic heterocycles. The first-order chi connectivity index (χ1) is 11.8. The van der Waals surface area contributed by atoms with Gasteiger partial charge in [-0.2, -0.15) is 0 Å². The van der Waals surface area contributed by atoms with Gasteiger partial charge in [-0.3, -0.25) is 4.79 Å². The van der Waals surface area contributed by atoms with Crippen LogP contribution < -0.4 is 5.32 Å². The van der Waals surface area contributed by atoms with Crippen LogP contribution in [0.15, 0.2) is 18.2 Å². The third-order valence-corrected chi connectivity index (χ3v) is 4.88. The standard InChI is InChI=1S/C16H20Cl2N2O5/c1-10(21)19-8-16(24-2)9-20(15(22)23)5-6-25-14(16)11-3-4-12(17)13(18)7-11/h3-4,7,14H,5-6,8-9H2,1-2H3,(H,19,21)(H,22,23). The highest BCUT2D eigenvalue weighted by atomic mass is 35.5. The van der Waals surface area contributed by atoms with Gasteiger partial charge in [-0.05, 0) is 17.7 Å². The van der Waals surface area contributed by atoms with Crippen LogP contribution in [0.2, 0.25) is 10.0 Å². The number of ether oxygens (including phenoxy) is 2. The maximum atomic E-state index is 11.5. The summed E-state index contributed by atoms with van der Waals surface area (Å²) in [5.41, 5.74) is -0.425. The molecule has 138 valence electrons. The largest absolute Gasteiger partial charge is 0.465 e. The van der Waals surface area contributed by atoms with E-state index in [1.807, 2.05) is 0 Å². The molecule has 0 radical (unpaired) electrons. The molecule has 2 unspecified atom stereocenters. The first-order valence-electron chi connectivity index (χ1n) is 7.63. The molecule has 1 aliphatic rings. The van der Waals surface area contributed by atoms with Crippen molar-refractivity contribution in [3.63, 3.8) is 0 Å². The van der Waals surface area contributed by atoms with E-state index >= 15 is 0 Å². The molecular weight excluding hydrogens is 371 g/mol. The van der Waals surface area contributed by atoms with E-state index < -0.39 is 17.8 Å². The van der Waals surface area contributed by atoms with Gasteiger partial charge < -0.3 is 24.8 Å². The molecule has 7 nitrogen and oxygen atoms in total. The van der Waals surface area contributed by atoms with E-state index in [9.17, 15) is 14.7 Å². The number of nitrogens with one attached hydrogen (secondary N) is 1. The number of hydrogen-bond donors (Lipinski definition) is 2. The van der Waals surface area contributed by atoms with Crippen LogP contribution >= 0.6 is 23.2 Å². The Morgan fingerprint density at radius 3 is 2.72 bits per heavy atom. The third-order valence-electron chi connectivity index (χ3n) is 4.14. The Morgan fingerprint density at radius 2 is 2.16 bits per heavy atom. The highest BCUT2D eigenvalue weighted by Gasteiger charge is 2.45. The number of carbonyl (C=O) groups is 2. The second-order valence-electron chi connectivity index (χ2n) is 5.81. The van der Waals surface area contributed by atoms with Gasteiger partial charge in [0.25, 0.3) is 0 Å². The van der Waals surface area contributed by atoms with Crippen LogP contribution in [0.4, 0.5) is 4.79 Å². The highest BCUT2D eigenvalue weighted by molar-refractivity contribution is 6.42. The second kappa shape index (κ2) is 8.23. The normalized spacial score (nSPS) is 23.8. The van der Waals surface area contributed by atoms with E-state index in [2.05, 4.69) is 5.32 Å². The molecule has 1 saturated heterocycles. The predicted molar refractivity (Wildman–Crippen MR) is 93.2 cm³/mol. The molecule has 0 spiro atoms. The van der Waals surface area contributed by atoms with Crippen molar-refractivity contribution in [3.8, 4) is 0 Å². The van der Waals surface area contributed by atoms with Gasteiger partial charge in [-0.25, -0.2) is 4.79 Å². The Bertz CT molecular complexity index is 657. The lowest BCUT2D eigenvalue weighted by atomic mass is 9.89. The van der Waals surface area contributed by atoms with E-state index in [4.69, 9.17) is 32.7 Å². The molecule has 1 heterocycles. The fourth-order valence-corrected chi connectivity index (χ4v) is 3.13. The number of methoxy groups -OCH3 is 1. The molecule has 1 aromatic carbocycles. The van der Waals surface area contributed by atoms with Gasteiger partial charge in [0.2, 0.25) is 5.91 Å². The minimum absolute atomic E-state index is 0.0318. The van der Waals surface area contributed by atoms with Gasteiger partial charge in [0.1, 0.15) is 11.7 Å². The maximum Gasteiger partial charge on any atom is 0.407 e. The third kappa shape index (κ3) is 4.55. The fraction of sp³-hybridized carbons (Fsp3) is 0.500. The first-order valence-corrected chi connectivity index (χ1v) is 8.38. The zero-order valence-corrected chi connectivity index (χ0v) is 15.4. The summed E-state index contributed by atoms with van der Waals surface area (Å²) < 4.78 is 11.6. The van der Waals surface area contributed by atoms with E-state index in [1.54, 1.807) is 18.2 Å². The maximum absolute atomic E-state index is 11.5. The van der Waals surface area contributed by atoms with Gasteiger partial charge in [0, 0.05) is 20.6 Å². The number of carboxylic acid groups (broad SMARTS) is 1. The van der Waals surface area contributed by atoms with Crippen LogP contribution in [0.1, 0.15) is 18.6 Å². The van der Waals surface area contributed by atoms with Crippen molar-refractivity contribution < 1.29 is 24.2 Å². The van der Waals surface area contributed by atoms with Gasteiger partial charge >= 0.3 is 6.09 Å². The molecule has 0 aliphatic carbocycles.